The molecule has 3 nitrogen and oxygen atoms in total. The summed E-state index contributed by atoms with van der Waals surface area (Å²) in [6, 6.07) is 8.21. The molecular weight excluding hydrogens is 282 g/mol. The minimum atomic E-state index is -0.785. The van der Waals surface area contributed by atoms with Crippen LogP contribution in [-0.2, 0) is 10.8 Å². The quantitative estimate of drug-likeness (QED) is 0.718. The van der Waals surface area contributed by atoms with Crippen molar-refractivity contribution in [3.8, 4) is 5.75 Å². The van der Waals surface area contributed by atoms with Crippen molar-refractivity contribution in [3.63, 3.8) is 0 Å². The summed E-state index contributed by atoms with van der Waals surface area (Å²) in [5.41, 5.74) is 1.18. The van der Waals surface area contributed by atoms with Gasteiger partial charge in [-0.1, -0.05) is 39.3 Å². The summed E-state index contributed by atoms with van der Waals surface area (Å²) in [7, 11) is 0.885. The van der Waals surface area contributed by atoms with E-state index in [9.17, 15) is 4.21 Å². The fraction of sp³-hybridized carbons (Fsp3) is 0.647. The average molecular weight is 311 g/mol. The number of ether oxygens (including phenoxy) is 1. The molecule has 1 aromatic rings. The van der Waals surface area contributed by atoms with E-state index in [1.54, 1.807) is 7.11 Å². The predicted molar refractivity (Wildman–Crippen MR) is 91.4 cm³/mol. The van der Waals surface area contributed by atoms with Crippen LogP contribution in [0, 0.1) is 5.92 Å². The van der Waals surface area contributed by atoms with E-state index in [0.717, 1.165) is 30.9 Å². The fourth-order valence-electron chi connectivity index (χ4n) is 2.12. The molecule has 21 heavy (non-hydrogen) atoms. The van der Waals surface area contributed by atoms with Crippen molar-refractivity contribution in [2.24, 2.45) is 5.92 Å². The Balaban J connectivity index is 2.71. The van der Waals surface area contributed by atoms with Crippen LogP contribution in [0.2, 0.25) is 0 Å². The molecule has 0 aliphatic rings. The highest BCUT2D eigenvalue weighted by molar-refractivity contribution is 7.85. The van der Waals surface area contributed by atoms with Gasteiger partial charge in [0, 0.05) is 28.3 Å². The first kappa shape index (κ1) is 18.2. The lowest BCUT2D eigenvalue weighted by Gasteiger charge is -2.20. The van der Waals surface area contributed by atoms with Crippen molar-refractivity contribution in [2.45, 2.75) is 39.7 Å². The van der Waals surface area contributed by atoms with E-state index in [4.69, 9.17) is 4.74 Å². The summed E-state index contributed by atoms with van der Waals surface area (Å²) in [4.78, 5) is 0. The van der Waals surface area contributed by atoms with Crippen LogP contribution in [-0.4, -0.2) is 29.4 Å². The van der Waals surface area contributed by atoms with E-state index in [1.807, 2.05) is 12.1 Å². The molecule has 0 amide bonds. The summed E-state index contributed by atoms with van der Waals surface area (Å²) >= 11 is 0. The zero-order valence-corrected chi connectivity index (χ0v) is 14.5. The number of rotatable bonds is 10. The molecule has 1 aromatic carbocycles. The molecule has 3 atom stereocenters. The summed E-state index contributed by atoms with van der Waals surface area (Å²) in [5, 5.41) is 3.51. The molecule has 0 aliphatic heterocycles. The Morgan fingerprint density at radius 2 is 1.86 bits per heavy atom. The maximum Gasteiger partial charge on any atom is 0.118 e. The predicted octanol–water partition coefficient (Wildman–Crippen LogP) is 3.53. The van der Waals surface area contributed by atoms with Gasteiger partial charge in [0.05, 0.1) is 7.11 Å². The Kier molecular flexibility index (Phi) is 8.62. The molecule has 0 spiro atoms. The van der Waals surface area contributed by atoms with Crippen LogP contribution in [0.25, 0.3) is 0 Å². The SMILES string of the molecule is CCCNC(CS(=O)CC(C)CC)c1ccc(OC)cc1. The monoisotopic (exact) mass is 311 g/mol. The minimum Gasteiger partial charge on any atom is -0.497 e. The highest BCUT2D eigenvalue weighted by atomic mass is 32.2. The molecule has 0 aliphatic carbocycles. The van der Waals surface area contributed by atoms with Crippen LogP contribution < -0.4 is 10.1 Å². The smallest absolute Gasteiger partial charge is 0.118 e. The second kappa shape index (κ2) is 9.96. The van der Waals surface area contributed by atoms with Crippen LogP contribution in [0.1, 0.15) is 45.2 Å². The first-order valence-electron chi connectivity index (χ1n) is 7.82. The molecule has 4 heteroatoms. The molecule has 3 unspecified atom stereocenters. The molecule has 0 heterocycles. The lowest BCUT2D eigenvalue weighted by molar-refractivity contribution is 0.414. The van der Waals surface area contributed by atoms with E-state index in [2.05, 4.69) is 38.2 Å². The van der Waals surface area contributed by atoms with Gasteiger partial charge in [-0.2, -0.15) is 0 Å². The van der Waals surface area contributed by atoms with Crippen molar-refractivity contribution in [1.82, 2.24) is 5.32 Å². The Morgan fingerprint density at radius 1 is 1.19 bits per heavy atom. The second-order valence-corrected chi connectivity index (χ2v) is 7.11. The Labute approximate surface area is 131 Å². The van der Waals surface area contributed by atoms with Gasteiger partial charge in [0.25, 0.3) is 0 Å². The number of benzene rings is 1. The van der Waals surface area contributed by atoms with Gasteiger partial charge in [-0.15, -0.1) is 0 Å². The summed E-state index contributed by atoms with van der Waals surface area (Å²) in [6.07, 6.45) is 2.16. The molecule has 0 bridgehead atoms. The van der Waals surface area contributed by atoms with E-state index in [0.29, 0.717) is 11.7 Å². The molecule has 0 saturated carbocycles. The minimum absolute atomic E-state index is 0.153. The Morgan fingerprint density at radius 3 is 2.38 bits per heavy atom. The van der Waals surface area contributed by atoms with Crippen molar-refractivity contribution in [1.29, 1.82) is 0 Å². The largest absolute Gasteiger partial charge is 0.497 e. The van der Waals surface area contributed by atoms with E-state index < -0.39 is 10.8 Å². The van der Waals surface area contributed by atoms with Crippen molar-refractivity contribution >= 4 is 10.8 Å². The molecule has 120 valence electrons. The molecule has 0 fully saturated rings. The lowest BCUT2D eigenvalue weighted by atomic mass is 10.1. The topological polar surface area (TPSA) is 38.3 Å². The van der Waals surface area contributed by atoms with Crippen molar-refractivity contribution < 1.29 is 8.95 Å². The second-order valence-electron chi connectivity index (χ2n) is 5.57. The summed E-state index contributed by atoms with van der Waals surface area (Å²) in [6.45, 7) is 7.41. The van der Waals surface area contributed by atoms with E-state index in [1.165, 1.54) is 5.56 Å². The normalized spacial score (nSPS) is 15.4. The van der Waals surface area contributed by atoms with Crippen LogP contribution in [0.15, 0.2) is 24.3 Å². The van der Waals surface area contributed by atoms with E-state index >= 15 is 0 Å². The van der Waals surface area contributed by atoms with Crippen molar-refractivity contribution in [3.05, 3.63) is 29.8 Å². The maximum absolute atomic E-state index is 12.3. The summed E-state index contributed by atoms with van der Waals surface area (Å²) in [5.74, 6) is 2.84. The molecule has 1 rings (SSSR count). The van der Waals surface area contributed by atoms with Gasteiger partial charge in [0.2, 0.25) is 0 Å². The van der Waals surface area contributed by atoms with Crippen LogP contribution >= 0.6 is 0 Å². The molecule has 0 saturated heterocycles. The van der Waals surface area contributed by atoms with Gasteiger partial charge < -0.3 is 10.1 Å². The third-order valence-corrected chi connectivity index (χ3v) is 5.32. The highest BCUT2D eigenvalue weighted by Gasteiger charge is 2.16. The molecular formula is C17H29NO2S. The first-order chi connectivity index (χ1) is 10.1. The van der Waals surface area contributed by atoms with Gasteiger partial charge in [-0.3, -0.25) is 4.21 Å². The number of nitrogens with one attached hydrogen (secondary N) is 1. The standard InChI is InChI=1S/C17H29NO2S/c1-5-11-18-17(13-21(19)12-14(3)6-2)15-7-9-16(20-4)10-8-15/h7-10,14,17-18H,5-6,11-13H2,1-4H3. The Hall–Kier alpha value is -0.870. The third-order valence-electron chi connectivity index (χ3n) is 3.68. The van der Waals surface area contributed by atoms with Gasteiger partial charge in [-0.05, 0) is 36.6 Å². The maximum atomic E-state index is 12.3. The lowest BCUT2D eigenvalue weighted by Crippen LogP contribution is -2.28. The van der Waals surface area contributed by atoms with Crippen molar-refractivity contribution in [2.75, 3.05) is 25.2 Å². The van der Waals surface area contributed by atoms with Crippen LogP contribution in [0.3, 0.4) is 0 Å². The van der Waals surface area contributed by atoms with Gasteiger partial charge in [-0.25, -0.2) is 0 Å². The molecule has 1 N–H and O–H groups in total. The van der Waals surface area contributed by atoms with Crippen LogP contribution in [0.5, 0.6) is 5.75 Å². The summed E-state index contributed by atoms with van der Waals surface area (Å²) < 4.78 is 17.5. The zero-order chi connectivity index (χ0) is 15.7. The zero-order valence-electron chi connectivity index (χ0n) is 13.7. The highest BCUT2D eigenvalue weighted by Crippen LogP contribution is 2.19. The van der Waals surface area contributed by atoms with Gasteiger partial charge in [0.1, 0.15) is 5.75 Å². The van der Waals surface area contributed by atoms with Crippen LogP contribution in [0.4, 0.5) is 0 Å². The van der Waals surface area contributed by atoms with Gasteiger partial charge >= 0.3 is 0 Å². The molecule has 0 aromatic heterocycles. The van der Waals surface area contributed by atoms with E-state index in [-0.39, 0.29) is 6.04 Å². The fourth-order valence-corrected chi connectivity index (χ4v) is 3.81. The average Bonchev–Trinajstić information content (AvgIpc) is 2.51. The number of hydrogen-bond acceptors (Lipinski definition) is 3. The first-order valence-corrected chi connectivity index (χ1v) is 9.31. The van der Waals surface area contributed by atoms with Gasteiger partial charge in [0.15, 0.2) is 0 Å². The number of hydrogen-bond donors (Lipinski definition) is 1. The Bertz CT molecular complexity index is 419. The third kappa shape index (κ3) is 6.62. The molecule has 0 radical (unpaired) electrons. The number of methoxy groups -OCH3 is 1.